The predicted molar refractivity (Wildman–Crippen MR) is 72.9 cm³/mol. The molecule has 3 nitrogen and oxygen atoms in total. The molecule has 1 aromatic heterocycles. The van der Waals surface area contributed by atoms with Gasteiger partial charge in [0.2, 0.25) is 5.28 Å². The standard InChI is InChI=1S/C10H15Cl2N3S/c1-4-7(6-16-3)15(2)9-8(11)5-13-10(12)14-9/h5,7H,4,6H2,1-3H3. The van der Waals surface area contributed by atoms with Crippen molar-refractivity contribution in [2.24, 2.45) is 0 Å². The topological polar surface area (TPSA) is 29.0 Å². The summed E-state index contributed by atoms with van der Waals surface area (Å²) in [5.74, 6) is 1.73. The Labute approximate surface area is 111 Å². The van der Waals surface area contributed by atoms with Crippen molar-refractivity contribution in [3.8, 4) is 0 Å². The number of hydrogen-bond donors (Lipinski definition) is 0. The second kappa shape index (κ2) is 6.52. The van der Waals surface area contributed by atoms with E-state index in [-0.39, 0.29) is 5.28 Å². The molecule has 0 fully saturated rings. The summed E-state index contributed by atoms with van der Waals surface area (Å²) in [5.41, 5.74) is 0. The fourth-order valence-electron chi connectivity index (χ4n) is 1.45. The Morgan fingerprint density at radius 2 is 2.19 bits per heavy atom. The number of nitrogens with zero attached hydrogens (tertiary/aromatic N) is 3. The fourth-order valence-corrected chi connectivity index (χ4v) is 2.65. The number of anilines is 1. The van der Waals surface area contributed by atoms with E-state index in [1.54, 1.807) is 11.8 Å². The Morgan fingerprint density at radius 1 is 1.50 bits per heavy atom. The molecule has 0 bridgehead atoms. The van der Waals surface area contributed by atoms with Crippen LogP contribution in [0.2, 0.25) is 10.3 Å². The monoisotopic (exact) mass is 279 g/mol. The van der Waals surface area contributed by atoms with Crippen LogP contribution in [0, 0.1) is 0 Å². The van der Waals surface area contributed by atoms with Crippen LogP contribution in [0.3, 0.4) is 0 Å². The maximum absolute atomic E-state index is 6.06. The molecule has 0 amide bonds. The third-order valence-corrected chi connectivity index (χ3v) is 3.58. The van der Waals surface area contributed by atoms with Crippen molar-refractivity contribution in [1.82, 2.24) is 9.97 Å². The summed E-state index contributed by atoms with van der Waals surface area (Å²) in [7, 11) is 1.98. The van der Waals surface area contributed by atoms with E-state index in [0.29, 0.717) is 16.9 Å². The van der Waals surface area contributed by atoms with Gasteiger partial charge in [-0.25, -0.2) is 4.98 Å². The van der Waals surface area contributed by atoms with Crippen LogP contribution in [0.15, 0.2) is 6.20 Å². The molecule has 1 unspecified atom stereocenters. The number of rotatable bonds is 5. The molecule has 0 aromatic carbocycles. The Bertz CT molecular complexity index is 349. The highest BCUT2D eigenvalue weighted by molar-refractivity contribution is 7.98. The Morgan fingerprint density at radius 3 is 2.75 bits per heavy atom. The first kappa shape index (κ1) is 13.9. The molecule has 6 heteroatoms. The van der Waals surface area contributed by atoms with Crippen LogP contribution in [-0.2, 0) is 0 Å². The smallest absolute Gasteiger partial charge is 0.224 e. The van der Waals surface area contributed by atoms with Crippen LogP contribution in [0.1, 0.15) is 13.3 Å². The first-order valence-corrected chi connectivity index (χ1v) is 7.14. The number of thioether (sulfide) groups is 1. The number of aromatic nitrogens is 2. The van der Waals surface area contributed by atoms with E-state index < -0.39 is 0 Å². The molecule has 1 aromatic rings. The van der Waals surface area contributed by atoms with Gasteiger partial charge in [-0.3, -0.25) is 0 Å². The van der Waals surface area contributed by atoms with Crippen molar-refractivity contribution in [2.45, 2.75) is 19.4 Å². The van der Waals surface area contributed by atoms with Crippen LogP contribution in [0.5, 0.6) is 0 Å². The van der Waals surface area contributed by atoms with E-state index >= 15 is 0 Å². The average Bonchev–Trinajstić information content (AvgIpc) is 2.28. The summed E-state index contributed by atoms with van der Waals surface area (Å²) in [5, 5.41) is 0.761. The molecule has 0 aliphatic heterocycles. The summed E-state index contributed by atoms with van der Waals surface area (Å²) >= 11 is 13.6. The second-order valence-electron chi connectivity index (χ2n) is 3.44. The van der Waals surface area contributed by atoms with Crippen LogP contribution >= 0.6 is 35.0 Å². The molecule has 0 radical (unpaired) electrons. The second-order valence-corrected chi connectivity index (χ2v) is 5.09. The van der Waals surface area contributed by atoms with Crippen molar-refractivity contribution >= 4 is 40.8 Å². The summed E-state index contributed by atoms with van der Waals surface area (Å²) in [6.45, 7) is 2.15. The van der Waals surface area contributed by atoms with Gasteiger partial charge in [-0.05, 0) is 24.3 Å². The normalized spacial score (nSPS) is 12.6. The minimum absolute atomic E-state index is 0.227. The van der Waals surface area contributed by atoms with Gasteiger partial charge in [0.15, 0.2) is 5.82 Å². The third kappa shape index (κ3) is 3.40. The highest BCUT2D eigenvalue weighted by atomic mass is 35.5. The maximum atomic E-state index is 6.06. The van der Waals surface area contributed by atoms with Gasteiger partial charge in [-0.15, -0.1) is 0 Å². The SMILES string of the molecule is CCC(CSC)N(C)c1nc(Cl)ncc1Cl. The highest BCUT2D eigenvalue weighted by Crippen LogP contribution is 2.25. The van der Waals surface area contributed by atoms with Crippen molar-refractivity contribution < 1.29 is 0 Å². The quantitative estimate of drug-likeness (QED) is 0.773. The van der Waals surface area contributed by atoms with Crippen LogP contribution in [0.25, 0.3) is 0 Å². The molecule has 1 atom stereocenters. The number of halogens is 2. The first-order chi connectivity index (χ1) is 7.60. The van der Waals surface area contributed by atoms with Gasteiger partial charge in [0.05, 0.1) is 6.20 Å². The van der Waals surface area contributed by atoms with Crippen LogP contribution < -0.4 is 4.90 Å². The zero-order valence-electron chi connectivity index (χ0n) is 9.57. The van der Waals surface area contributed by atoms with E-state index in [2.05, 4.69) is 28.0 Å². The van der Waals surface area contributed by atoms with Gasteiger partial charge in [-0.2, -0.15) is 16.7 Å². The number of hydrogen-bond acceptors (Lipinski definition) is 4. The lowest BCUT2D eigenvalue weighted by Crippen LogP contribution is -2.34. The molecule has 90 valence electrons. The van der Waals surface area contributed by atoms with E-state index in [0.717, 1.165) is 12.2 Å². The minimum Gasteiger partial charge on any atom is -0.354 e. The van der Waals surface area contributed by atoms with Crippen LogP contribution in [-0.4, -0.2) is 35.1 Å². The van der Waals surface area contributed by atoms with E-state index in [9.17, 15) is 0 Å². The maximum Gasteiger partial charge on any atom is 0.224 e. The molecular weight excluding hydrogens is 265 g/mol. The molecule has 0 saturated heterocycles. The van der Waals surface area contributed by atoms with Crippen molar-refractivity contribution in [3.05, 3.63) is 16.5 Å². The van der Waals surface area contributed by atoms with Crippen molar-refractivity contribution in [3.63, 3.8) is 0 Å². The van der Waals surface area contributed by atoms with Gasteiger partial charge < -0.3 is 4.90 Å². The summed E-state index contributed by atoms with van der Waals surface area (Å²) in [6, 6.07) is 0.401. The van der Waals surface area contributed by atoms with Crippen molar-refractivity contribution in [2.75, 3.05) is 24.0 Å². The minimum atomic E-state index is 0.227. The molecule has 0 N–H and O–H groups in total. The largest absolute Gasteiger partial charge is 0.354 e. The third-order valence-electron chi connectivity index (χ3n) is 2.41. The van der Waals surface area contributed by atoms with Gasteiger partial charge >= 0.3 is 0 Å². The first-order valence-electron chi connectivity index (χ1n) is 5.00. The fraction of sp³-hybridized carbons (Fsp3) is 0.600. The van der Waals surface area contributed by atoms with Gasteiger partial charge in [0.1, 0.15) is 5.02 Å². The molecular formula is C10H15Cl2N3S. The molecule has 1 rings (SSSR count). The Balaban J connectivity index is 2.93. The van der Waals surface area contributed by atoms with Crippen molar-refractivity contribution in [1.29, 1.82) is 0 Å². The van der Waals surface area contributed by atoms with Gasteiger partial charge in [0, 0.05) is 18.8 Å². The molecule has 16 heavy (non-hydrogen) atoms. The van der Waals surface area contributed by atoms with Gasteiger partial charge in [-0.1, -0.05) is 18.5 Å². The lowest BCUT2D eigenvalue weighted by atomic mass is 10.2. The van der Waals surface area contributed by atoms with E-state index in [4.69, 9.17) is 23.2 Å². The molecule has 1 heterocycles. The molecule has 0 spiro atoms. The molecule has 0 saturated carbocycles. The van der Waals surface area contributed by atoms with Gasteiger partial charge in [0.25, 0.3) is 0 Å². The molecule has 0 aliphatic carbocycles. The summed E-state index contributed by atoms with van der Waals surface area (Å²) in [4.78, 5) is 10.1. The van der Waals surface area contributed by atoms with Crippen LogP contribution in [0.4, 0.5) is 5.82 Å². The zero-order chi connectivity index (χ0) is 12.1. The summed E-state index contributed by atoms with van der Waals surface area (Å²) in [6.07, 6.45) is 4.66. The zero-order valence-corrected chi connectivity index (χ0v) is 11.9. The lowest BCUT2D eigenvalue weighted by Gasteiger charge is -2.28. The summed E-state index contributed by atoms with van der Waals surface area (Å²) < 4.78 is 0. The van der Waals surface area contributed by atoms with E-state index in [1.807, 2.05) is 7.05 Å². The Hall–Kier alpha value is -0.190. The highest BCUT2D eigenvalue weighted by Gasteiger charge is 2.17. The molecule has 0 aliphatic rings. The lowest BCUT2D eigenvalue weighted by molar-refractivity contribution is 0.665. The predicted octanol–water partition coefficient (Wildman–Crippen LogP) is 3.36. The van der Waals surface area contributed by atoms with E-state index in [1.165, 1.54) is 6.20 Å². The Kier molecular flexibility index (Phi) is 5.66. The average molecular weight is 280 g/mol.